The second-order valence-electron chi connectivity index (χ2n) is 6.10. The van der Waals surface area contributed by atoms with Crippen LogP contribution in [0.25, 0.3) is 10.2 Å². The minimum Gasteiger partial charge on any atom is -0.339 e. The van der Waals surface area contributed by atoms with Crippen LogP contribution in [0.5, 0.6) is 0 Å². The number of nitrogens with zero attached hydrogens (tertiary/aromatic N) is 2. The molecule has 3 aromatic rings. The highest BCUT2D eigenvalue weighted by atomic mass is 32.2. The van der Waals surface area contributed by atoms with Gasteiger partial charge in [-0.1, -0.05) is 29.0 Å². The number of thiazole rings is 1. The van der Waals surface area contributed by atoms with E-state index >= 15 is 0 Å². The summed E-state index contributed by atoms with van der Waals surface area (Å²) in [5.74, 6) is -0.0444. The normalized spacial score (nSPS) is 11.5. The van der Waals surface area contributed by atoms with Crippen LogP contribution >= 0.6 is 11.3 Å². The highest BCUT2D eigenvalue weighted by Crippen LogP contribution is 2.29. The second-order valence-corrected chi connectivity index (χ2v) is 8.81. The first-order valence-corrected chi connectivity index (χ1v) is 10.9. The van der Waals surface area contributed by atoms with Crippen molar-refractivity contribution in [1.82, 2.24) is 9.88 Å². The van der Waals surface area contributed by atoms with E-state index < -0.39 is 10.0 Å². The molecule has 0 atom stereocenters. The lowest BCUT2D eigenvalue weighted by Gasteiger charge is -2.18. The van der Waals surface area contributed by atoms with E-state index in [1.165, 1.54) is 11.3 Å². The molecular formula is C19H21N3O3S2. The van der Waals surface area contributed by atoms with Gasteiger partial charge in [-0.3, -0.25) is 9.52 Å². The summed E-state index contributed by atoms with van der Waals surface area (Å²) in [5, 5.41) is 0.276. The lowest BCUT2D eigenvalue weighted by atomic mass is 10.2. The van der Waals surface area contributed by atoms with Crippen molar-refractivity contribution in [3.8, 4) is 0 Å². The molecule has 142 valence electrons. The molecule has 0 radical (unpaired) electrons. The number of fused-ring (bicyclic) bond motifs is 1. The van der Waals surface area contributed by atoms with Gasteiger partial charge in [0.15, 0.2) is 5.13 Å². The van der Waals surface area contributed by atoms with E-state index in [2.05, 4.69) is 9.71 Å². The quantitative estimate of drug-likeness (QED) is 0.677. The topological polar surface area (TPSA) is 79.4 Å². The summed E-state index contributed by atoms with van der Waals surface area (Å²) in [6.45, 7) is 7.04. The van der Waals surface area contributed by atoms with Crippen LogP contribution in [0.1, 0.15) is 29.8 Å². The molecule has 0 unspecified atom stereocenters. The average molecular weight is 404 g/mol. The lowest BCUT2D eigenvalue weighted by Crippen LogP contribution is -2.30. The summed E-state index contributed by atoms with van der Waals surface area (Å²) in [4.78, 5) is 18.8. The number of amides is 1. The number of rotatable bonds is 6. The Bertz CT molecular complexity index is 1070. The van der Waals surface area contributed by atoms with Crippen LogP contribution in [0, 0.1) is 6.92 Å². The van der Waals surface area contributed by atoms with E-state index in [0.717, 1.165) is 10.3 Å². The molecule has 1 amide bonds. The Labute approximate surface area is 162 Å². The zero-order chi connectivity index (χ0) is 19.6. The van der Waals surface area contributed by atoms with Crippen molar-refractivity contribution in [3.63, 3.8) is 0 Å². The van der Waals surface area contributed by atoms with Gasteiger partial charge in [-0.15, -0.1) is 0 Å². The first kappa shape index (κ1) is 19.3. The second kappa shape index (κ2) is 7.66. The maximum Gasteiger partial charge on any atom is 0.263 e. The number of anilines is 1. The van der Waals surface area contributed by atoms with Crippen molar-refractivity contribution >= 4 is 42.6 Å². The summed E-state index contributed by atoms with van der Waals surface area (Å²) >= 11 is 1.21. The molecule has 1 aromatic heterocycles. The van der Waals surface area contributed by atoms with Crippen LogP contribution in [0.4, 0.5) is 5.13 Å². The highest BCUT2D eigenvalue weighted by Gasteiger charge is 2.18. The average Bonchev–Trinajstić information content (AvgIpc) is 3.03. The third-order valence-electron chi connectivity index (χ3n) is 4.24. The molecule has 0 fully saturated rings. The van der Waals surface area contributed by atoms with Crippen molar-refractivity contribution in [1.29, 1.82) is 0 Å². The number of nitrogens with one attached hydrogen (secondary N) is 1. The Morgan fingerprint density at radius 3 is 2.41 bits per heavy atom. The molecule has 6 nitrogen and oxygen atoms in total. The number of aromatic nitrogens is 1. The van der Waals surface area contributed by atoms with Gasteiger partial charge in [0.25, 0.3) is 15.9 Å². The Balaban J connectivity index is 1.88. The predicted molar refractivity (Wildman–Crippen MR) is 109 cm³/mol. The summed E-state index contributed by atoms with van der Waals surface area (Å²) in [6, 6.07) is 11.8. The van der Waals surface area contributed by atoms with Crippen LogP contribution < -0.4 is 4.72 Å². The Morgan fingerprint density at radius 2 is 1.78 bits per heavy atom. The Kier molecular flexibility index (Phi) is 5.48. The zero-order valence-electron chi connectivity index (χ0n) is 15.4. The van der Waals surface area contributed by atoms with E-state index in [-0.39, 0.29) is 15.9 Å². The Hall–Kier alpha value is -2.45. The number of sulfonamides is 1. The number of hydrogen-bond donors (Lipinski definition) is 1. The standard InChI is InChI=1S/C19H21N3O3S2/c1-4-22(5-2)18(23)14-8-11-16-17(12-14)26-19(20-16)21-27(24,25)15-9-6-13(3)7-10-15/h6-12H,4-5H2,1-3H3,(H,20,21). The first-order chi connectivity index (χ1) is 12.8. The van der Waals surface area contributed by atoms with Gasteiger partial charge in [-0.2, -0.15) is 0 Å². The number of carbonyl (C=O) groups is 1. The van der Waals surface area contributed by atoms with Crippen LogP contribution in [0.3, 0.4) is 0 Å². The summed E-state index contributed by atoms with van der Waals surface area (Å²) in [5.41, 5.74) is 2.21. The van der Waals surface area contributed by atoms with Crippen molar-refractivity contribution in [2.75, 3.05) is 17.8 Å². The molecule has 1 N–H and O–H groups in total. The smallest absolute Gasteiger partial charge is 0.263 e. The van der Waals surface area contributed by atoms with Gasteiger partial charge >= 0.3 is 0 Å². The molecular weight excluding hydrogens is 382 g/mol. The maximum atomic E-state index is 12.5. The van der Waals surface area contributed by atoms with Crippen molar-refractivity contribution in [2.24, 2.45) is 0 Å². The predicted octanol–water partition coefficient (Wildman–Crippen LogP) is 3.89. The van der Waals surface area contributed by atoms with Crippen molar-refractivity contribution in [3.05, 3.63) is 53.6 Å². The molecule has 0 spiro atoms. The van der Waals surface area contributed by atoms with E-state index in [4.69, 9.17) is 0 Å². The van der Waals surface area contributed by atoms with E-state index in [9.17, 15) is 13.2 Å². The molecule has 0 saturated heterocycles. The molecule has 0 aliphatic rings. The van der Waals surface area contributed by atoms with Crippen LogP contribution in [-0.4, -0.2) is 37.3 Å². The monoisotopic (exact) mass is 403 g/mol. The summed E-state index contributed by atoms with van der Waals surface area (Å²) < 4.78 is 28.3. The van der Waals surface area contributed by atoms with Crippen molar-refractivity contribution < 1.29 is 13.2 Å². The first-order valence-electron chi connectivity index (χ1n) is 8.63. The number of hydrogen-bond acceptors (Lipinski definition) is 5. The third-order valence-corrected chi connectivity index (χ3v) is 6.66. The molecule has 27 heavy (non-hydrogen) atoms. The third kappa shape index (κ3) is 4.12. The van der Waals surface area contributed by atoms with E-state index in [1.807, 2.05) is 20.8 Å². The molecule has 0 saturated carbocycles. The SMILES string of the molecule is CCN(CC)C(=O)c1ccc2nc(NS(=O)(=O)c3ccc(C)cc3)sc2c1. The van der Waals surface area contributed by atoms with Gasteiger partial charge in [-0.05, 0) is 51.1 Å². The molecule has 0 aliphatic carbocycles. The number of benzene rings is 2. The van der Waals surface area contributed by atoms with Crippen LogP contribution in [0.2, 0.25) is 0 Å². The van der Waals surface area contributed by atoms with Gasteiger partial charge in [-0.25, -0.2) is 13.4 Å². The fourth-order valence-corrected chi connectivity index (χ4v) is 4.83. The van der Waals surface area contributed by atoms with E-state index in [1.54, 1.807) is 47.4 Å². The van der Waals surface area contributed by atoms with Crippen LogP contribution in [-0.2, 0) is 10.0 Å². The van der Waals surface area contributed by atoms with Gasteiger partial charge < -0.3 is 4.90 Å². The van der Waals surface area contributed by atoms with Gasteiger partial charge in [0.05, 0.1) is 15.1 Å². The molecule has 2 aromatic carbocycles. The molecule has 3 rings (SSSR count). The Morgan fingerprint density at radius 1 is 1.11 bits per heavy atom. The van der Waals surface area contributed by atoms with Crippen molar-refractivity contribution in [2.45, 2.75) is 25.7 Å². The van der Waals surface area contributed by atoms with Gasteiger partial charge in [0.1, 0.15) is 0 Å². The number of carbonyl (C=O) groups excluding carboxylic acids is 1. The fraction of sp³-hybridized carbons (Fsp3) is 0.263. The van der Waals surface area contributed by atoms with Crippen LogP contribution in [0.15, 0.2) is 47.4 Å². The van der Waals surface area contributed by atoms with Gasteiger partial charge in [0.2, 0.25) is 0 Å². The number of aryl methyl sites for hydroxylation is 1. The molecule has 8 heteroatoms. The molecule has 0 bridgehead atoms. The highest BCUT2D eigenvalue weighted by molar-refractivity contribution is 7.93. The van der Waals surface area contributed by atoms with Gasteiger partial charge in [0, 0.05) is 18.7 Å². The minimum atomic E-state index is -3.70. The minimum absolute atomic E-state index is 0.0444. The summed E-state index contributed by atoms with van der Waals surface area (Å²) in [7, 11) is -3.70. The fourth-order valence-electron chi connectivity index (χ4n) is 2.69. The molecule has 0 aliphatic heterocycles. The zero-order valence-corrected chi connectivity index (χ0v) is 17.0. The largest absolute Gasteiger partial charge is 0.339 e. The molecule has 1 heterocycles. The lowest BCUT2D eigenvalue weighted by molar-refractivity contribution is 0.0773. The maximum absolute atomic E-state index is 12.5. The van der Waals surface area contributed by atoms with E-state index in [0.29, 0.717) is 24.2 Å². The summed E-state index contributed by atoms with van der Waals surface area (Å²) in [6.07, 6.45) is 0.